The summed E-state index contributed by atoms with van der Waals surface area (Å²) in [6.07, 6.45) is 2.35. The van der Waals surface area contributed by atoms with Gasteiger partial charge in [0.1, 0.15) is 0 Å². The predicted molar refractivity (Wildman–Crippen MR) is 110 cm³/mol. The average Bonchev–Trinajstić information content (AvgIpc) is 2.73. The molecule has 0 bridgehead atoms. The maximum atomic E-state index is 11.5. The van der Waals surface area contributed by atoms with Crippen LogP contribution in [0.4, 0.5) is 0 Å². The zero-order valence-electron chi connectivity index (χ0n) is 16.0. The van der Waals surface area contributed by atoms with E-state index in [1.54, 1.807) is 0 Å². The minimum absolute atomic E-state index is 0.0376. The summed E-state index contributed by atoms with van der Waals surface area (Å²) in [7, 11) is 0. The average molecular weight is 364 g/mol. The summed E-state index contributed by atoms with van der Waals surface area (Å²) < 4.78 is 5.41. The first-order valence-corrected chi connectivity index (χ1v) is 9.58. The van der Waals surface area contributed by atoms with Crippen molar-refractivity contribution in [1.29, 1.82) is 0 Å². The second-order valence-corrected chi connectivity index (χ2v) is 6.96. The van der Waals surface area contributed by atoms with E-state index in [-0.39, 0.29) is 11.9 Å². The highest BCUT2D eigenvalue weighted by molar-refractivity contribution is 5.87. The van der Waals surface area contributed by atoms with Crippen molar-refractivity contribution in [2.75, 3.05) is 32.8 Å². The fraction of sp³-hybridized carbons (Fsp3) is 0.348. The molecule has 27 heavy (non-hydrogen) atoms. The summed E-state index contributed by atoms with van der Waals surface area (Å²) in [5.41, 5.74) is 4.85. The predicted octanol–water partition coefficient (Wildman–Crippen LogP) is 3.59. The Balaban J connectivity index is 1.63. The number of ether oxygens (including phenoxy) is 1. The number of nitrogens with one attached hydrogen (secondary N) is 1. The van der Waals surface area contributed by atoms with Crippen molar-refractivity contribution in [2.45, 2.75) is 19.4 Å². The van der Waals surface area contributed by atoms with Gasteiger partial charge in [0, 0.05) is 19.6 Å². The molecule has 0 aliphatic carbocycles. The van der Waals surface area contributed by atoms with Crippen LogP contribution < -0.4 is 5.32 Å². The van der Waals surface area contributed by atoms with Crippen molar-refractivity contribution >= 4 is 5.91 Å². The number of amides is 1. The molecule has 0 spiro atoms. The number of nitrogens with zero attached hydrogens (tertiary/aromatic N) is 1. The van der Waals surface area contributed by atoms with Gasteiger partial charge in [-0.2, -0.15) is 0 Å². The first kappa shape index (κ1) is 19.3. The van der Waals surface area contributed by atoms with Crippen molar-refractivity contribution in [3.63, 3.8) is 0 Å². The molecule has 1 amide bonds. The van der Waals surface area contributed by atoms with Gasteiger partial charge in [-0.05, 0) is 41.7 Å². The maximum absolute atomic E-state index is 11.5. The van der Waals surface area contributed by atoms with E-state index >= 15 is 0 Å². The lowest BCUT2D eigenvalue weighted by Gasteiger charge is -2.26. The normalized spacial score (nSPS) is 15.9. The summed E-state index contributed by atoms with van der Waals surface area (Å²) in [5.74, 6) is -0.153. The molecule has 0 radical (unpaired) electrons. The molecule has 2 aromatic rings. The lowest BCUT2D eigenvalue weighted by atomic mass is 9.99. The Morgan fingerprint density at radius 1 is 1.19 bits per heavy atom. The van der Waals surface area contributed by atoms with E-state index in [9.17, 15) is 4.79 Å². The van der Waals surface area contributed by atoms with E-state index in [0.29, 0.717) is 0 Å². The van der Waals surface area contributed by atoms with Crippen molar-refractivity contribution in [2.24, 2.45) is 0 Å². The highest BCUT2D eigenvalue weighted by atomic mass is 16.5. The molecule has 1 fully saturated rings. The number of rotatable bonds is 7. The van der Waals surface area contributed by atoms with Gasteiger partial charge in [-0.25, -0.2) is 0 Å². The third-order valence-corrected chi connectivity index (χ3v) is 5.04. The minimum atomic E-state index is -0.153. The van der Waals surface area contributed by atoms with Crippen LogP contribution in [-0.2, 0) is 16.0 Å². The van der Waals surface area contributed by atoms with Gasteiger partial charge in [-0.15, -0.1) is 0 Å². The Hall–Kier alpha value is -2.43. The van der Waals surface area contributed by atoms with Gasteiger partial charge in [-0.3, -0.25) is 9.69 Å². The van der Waals surface area contributed by atoms with Gasteiger partial charge >= 0.3 is 0 Å². The topological polar surface area (TPSA) is 41.6 Å². The molecule has 4 nitrogen and oxygen atoms in total. The molecule has 2 aromatic carbocycles. The molecule has 1 aliphatic heterocycles. The van der Waals surface area contributed by atoms with Crippen LogP contribution in [0.2, 0.25) is 0 Å². The van der Waals surface area contributed by atoms with Crippen molar-refractivity contribution in [3.8, 4) is 11.1 Å². The zero-order valence-corrected chi connectivity index (χ0v) is 16.0. The Labute approximate surface area is 161 Å². The number of hydrogen-bond donors (Lipinski definition) is 1. The van der Waals surface area contributed by atoms with Gasteiger partial charge < -0.3 is 10.1 Å². The third-order valence-electron chi connectivity index (χ3n) is 5.04. The fourth-order valence-electron chi connectivity index (χ4n) is 3.34. The molecule has 1 N–H and O–H groups in total. The zero-order chi connectivity index (χ0) is 19.1. The third kappa shape index (κ3) is 5.52. The summed E-state index contributed by atoms with van der Waals surface area (Å²) in [6.45, 7) is 10.3. The Morgan fingerprint density at radius 3 is 2.63 bits per heavy atom. The van der Waals surface area contributed by atoms with Crippen LogP contribution in [0.25, 0.3) is 11.1 Å². The van der Waals surface area contributed by atoms with E-state index in [0.717, 1.165) is 44.8 Å². The molecular formula is C23H28N2O2. The Morgan fingerprint density at radius 2 is 1.93 bits per heavy atom. The molecule has 142 valence electrons. The first-order chi connectivity index (χ1) is 13.2. The molecule has 1 atom stereocenters. The molecule has 1 heterocycles. The van der Waals surface area contributed by atoms with Crippen LogP contribution in [0.1, 0.15) is 24.1 Å². The van der Waals surface area contributed by atoms with E-state index in [1.165, 1.54) is 22.8 Å². The number of carbonyl (C=O) groups excluding carboxylic acids is 1. The molecule has 3 rings (SSSR count). The van der Waals surface area contributed by atoms with Crippen LogP contribution in [-0.4, -0.2) is 43.7 Å². The van der Waals surface area contributed by atoms with E-state index in [4.69, 9.17) is 4.74 Å². The van der Waals surface area contributed by atoms with Crippen molar-refractivity contribution < 1.29 is 9.53 Å². The smallest absolute Gasteiger partial charge is 0.243 e. The lowest BCUT2D eigenvalue weighted by Crippen LogP contribution is -2.37. The van der Waals surface area contributed by atoms with E-state index in [1.807, 2.05) is 6.92 Å². The summed E-state index contributed by atoms with van der Waals surface area (Å²) in [4.78, 5) is 13.9. The van der Waals surface area contributed by atoms with Crippen LogP contribution >= 0.6 is 0 Å². The SMILES string of the molecule is C=CC(=O)N[C@H](C)c1ccc(-c2cccc(CCN3CCOCC3)c2)cc1. The van der Waals surface area contributed by atoms with Gasteiger partial charge in [-0.1, -0.05) is 55.1 Å². The standard InChI is InChI=1S/C23H28N2O2/c1-3-23(26)24-18(2)20-7-9-21(10-8-20)22-6-4-5-19(17-22)11-12-25-13-15-27-16-14-25/h3-10,17-18H,1,11-16H2,2H3,(H,24,26)/t18-/m1/s1. The molecule has 0 unspecified atom stereocenters. The summed E-state index contributed by atoms with van der Waals surface area (Å²) in [5, 5.41) is 2.89. The Kier molecular flexibility index (Phi) is 6.80. The molecule has 1 saturated heterocycles. The number of morpholine rings is 1. The highest BCUT2D eigenvalue weighted by Gasteiger charge is 2.10. The molecule has 0 saturated carbocycles. The molecule has 0 aromatic heterocycles. The quantitative estimate of drug-likeness (QED) is 0.764. The summed E-state index contributed by atoms with van der Waals surface area (Å²) >= 11 is 0. The van der Waals surface area contributed by atoms with Crippen molar-refractivity contribution in [1.82, 2.24) is 10.2 Å². The van der Waals surface area contributed by atoms with E-state index in [2.05, 4.69) is 65.3 Å². The minimum Gasteiger partial charge on any atom is -0.379 e. The number of benzene rings is 2. The second-order valence-electron chi connectivity index (χ2n) is 6.96. The van der Waals surface area contributed by atoms with Crippen LogP contribution in [0.3, 0.4) is 0 Å². The van der Waals surface area contributed by atoms with Crippen LogP contribution in [0, 0.1) is 0 Å². The van der Waals surface area contributed by atoms with Gasteiger partial charge in [0.25, 0.3) is 0 Å². The van der Waals surface area contributed by atoms with Crippen LogP contribution in [0.5, 0.6) is 0 Å². The molecule has 1 aliphatic rings. The van der Waals surface area contributed by atoms with Gasteiger partial charge in [0.15, 0.2) is 0 Å². The number of carbonyl (C=O) groups is 1. The molecular weight excluding hydrogens is 336 g/mol. The fourth-order valence-corrected chi connectivity index (χ4v) is 3.34. The largest absolute Gasteiger partial charge is 0.379 e. The van der Waals surface area contributed by atoms with Gasteiger partial charge in [0.05, 0.1) is 19.3 Å². The monoisotopic (exact) mass is 364 g/mol. The van der Waals surface area contributed by atoms with E-state index < -0.39 is 0 Å². The first-order valence-electron chi connectivity index (χ1n) is 9.58. The van der Waals surface area contributed by atoms with Crippen LogP contribution in [0.15, 0.2) is 61.2 Å². The molecule has 4 heteroatoms. The lowest BCUT2D eigenvalue weighted by molar-refractivity contribution is -0.117. The maximum Gasteiger partial charge on any atom is 0.243 e. The van der Waals surface area contributed by atoms with Crippen molar-refractivity contribution in [3.05, 3.63) is 72.3 Å². The second kappa shape index (κ2) is 9.49. The Bertz CT molecular complexity index is 764. The highest BCUT2D eigenvalue weighted by Crippen LogP contribution is 2.23. The number of hydrogen-bond acceptors (Lipinski definition) is 3. The van der Waals surface area contributed by atoms with Gasteiger partial charge in [0.2, 0.25) is 5.91 Å². The summed E-state index contributed by atoms with van der Waals surface area (Å²) in [6, 6.07) is 17.1.